The normalized spacial score (nSPS) is 15.2. The number of anilines is 1. The quantitative estimate of drug-likeness (QED) is 0.568. The molecular formula is C24H32N2O4S. The minimum absolute atomic E-state index is 0.131. The van der Waals surface area contributed by atoms with Gasteiger partial charge in [-0.1, -0.05) is 44.6 Å². The number of nitrogens with one attached hydrogen (secondary N) is 2. The molecule has 2 aromatic rings. The number of amides is 1. The number of benzene rings is 2. The topological polar surface area (TPSA) is 84.5 Å². The molecule has 0 spiro atoms. The zero-order chi connectivity index (χ0) is 22.3. The minimum Gasteiger partial charge on any atom is -0.497 e. The second kappa shape index (κ2) is 10.7. The van der Waals surface area contributed by atoms with Crippen LogP contribution in [0.1, 0.15) is 60.9 Å². The molecule has 0 radical (unpaired) electrons. The molecule has 0 heterocycles. The van der Waals surface area contributed by atoms with Crippen LogP contribution in [0, 0.1) is 12.8 Å². The summed E-state index contributed by atoms with van der Waals surface area (Å²) in [4.78, 5) is 12.8. The second-order valence-corrected chi connectivity index (χ2v) is 9.90. The maximum Gasteiger partial charge on any atom is 0.261 e. The van der Waals surface area contributed by atoms with Crippen molar-refractivity contribution in [3.8, 4) is 5.75 Å². The monoisotopic (exact) mass is 444 g/mol. The molecule has 31 heavy (non-hydrogen) atoms. The van der Waals surface area contributed by atoms with Crippen molar-refractivity contribution in [2.45, 2.75) is 56.8 Å². The SMILES string of the molecule is COc1ccc(S(=O)(=O)Nc2cc(C(=O)NCCC3CCCCCC3)ccc2C)cc1. The number of rotatable bonds is 8. The lowest BCUT2D eigenvalue weighted by molar-refractivity contribution is 0.0951. The van der Waals surface area contributed by atoms with Crippen molar-refractivity contribution in [3.05, 3.63) is 53.6 Å². The largest absolute Gasteiger partial charge is 0.497 e. The highest BCUT2D eigenvalue weighted by molar-refractivity contribution is 7.92. The van der Waals surface area contributed by atoms with Gasteiger partial charge in [0.1, 0.15) is 5.75 Å². The first-order valence-corrected chi connectivity index (χ1v) is 12.4. The average molecular weight is 445 g/mol. The number of ether oxygens (including phenoxy) is 1. The summed E-state index contributed by atoms with van der Waals surface area (Å²) in [6.45, 7) is 2.45. The Kier molecular flexibility index (Phi) is 7.96. The lowest BCUT2D eigenvalue weighted by Crippen LogP contribution is -2.26. The molecule has 0 bridgehead atoms. The van der Waals surface area contributed by atoms with Gasteiger partial charge in [0.15, 0.2) is 0 Å². The van der Waals surface area contributed by atoms with Gasteiger partial charge in [0.05, 0.1) is 17.7 Å². The zero-order valence-electron chi connectivity index (χ0n) is 18.3. The molecule has 0 unspecified atom stereocenters. The van der Waals surface area contributed by atoms with Crippen LogP contribution < -0.4 is 14.8 Å². The van der Waals surface area contributed by atoms with Gasteiger partial charge < -0.3 is 10.1 Å². The molecule has 1 amide bonds. The first kappa shape index (κ1) is 23.1. The third-order valence-electron chi connectivity index (χ3n) is 5.93. The van der Waals surface area contributed by atoms with E-state index in [0.29, 0.717) is 29.5 Å². The summed E-state index contributed by atoms with van der Waals surface area (Å²) >= 11 is 0. The van der Waals surface area contributed by atoms with Crippen molar-refractivity contribution >= 4 is 21.6 Å². The Balaban J connectivity index is 1.64. The van der Waals surface area contributed by atoms with Gasteiger partial charge >= 0.3 is 0 Å². The molecule has 3 rings (SSSR count). The van der Waals surface area contributed by atoms with E-state index in [2.05, 4.69) is 10.0 Å². The fourth-order valence-electron chi connectivity index (χ4n) is 3.98. The number of aryl methyl sites for hydroxylation is 1. The van der Waals surface area contributed by atoms with Crippen molar-refractivity contribution in [2.75, 3.05) is 18.4 Å². The summed E-state index contributed by atoms with van der Waals surface area (Å²) in [7, 11) is -2.25. The van der Waals surface area contributed by atoms with Crippen LogP contribution in [0.3, 0.4) is 0 Å². The van der Waals surface area contributed by atoms with Crippen LogP contribution in [0.4, 0.5) is 5.69 Å². The van der Waals surface area contributed by atoms with Crippen LogP contribution in [-0.2, 0) is 10.0 Å². The van der Waals surface area contributed by atoms with Crippen molar-refractivity contribution in [3.63, 3.8) is 0 Å². The van der Waals surface area contributed by atoms with Gasteiger partial charge in [0, 0.05) is 12.1 Å². The number of sulfonamides is 1. The molecule has 1 aliphatic carbocycles. The average Bonchev–Trinajstić information content (AvgIpc) is 3.04. The summed E-state index contributed by atoms with van der Waals surface area (Å²) in [6.07, 6.45) is 8.70. The first-order chi connectivity index (χ1) is 14.9. The minimum atomic E-state index is -3.78. The molecule has 168 valence electrons. The van der Waals surface area contributed by atoms with Gasteiger partial charge in [0.2, 0.25) is 0 Å². The maximum absolute atomic E-state index is 12.8. The Morgan fingerprint density at radius 1 is 1.03 bits per heavy atom. The van der Waals surface area contributed by atoms with Gasteiger partial charge in [-0.3, -0.25) is 9.52 Å². The molecule has 0 aromatic heterocycles. The fourth-order valence-corrected chi connectivity index (χ4v) is 5.10. The van der Waals surface area contributed by atoms with E-state index in [0.717, 1.165) is 12.0 Å². The van der Waals surface area contributed by atoms with Crippen molar-refractivity contribution in [1.29, 1.82) is 0 Å². The van der Waals surface area contributed by atoms with Crippen LogP contribution in [0.25, 0.3) is 0 Å². The van der Waals surface area contributed by atoms with Gasteiger partial charge in [-0.2, -0.15) is 0 Å². The predicted octanol–water partition coefficient (Wildman–Crippen LogP) is 4.89. The molecule has 0 atom stereocenters. The number of hydrogen-bond donors (Lipinski definition) is 2. The van der Waals surface area contributed by atoms with Crippen LogP contribution >= 0.6 is 0 Å². The molecule has 1 saturated carbocycles. The first-order valence-electron chi connectivity index (χ1n) is 10.9. The molecule has 0 aliphatic heterocycles. The fraction of sp³-hybridized carbons (Fsp3) is 0.458. The third kappa shape index (κ3) is 6.47. The van der Waals surface area contributed by atoms with E-state index in [1.54, 1.807) is 37.3 Å². The lowest BCUT2D eigenvalue weighted by Gasteiger charge is -2.15. The van der Waals surface area contributed by atoms with Crippen LogP contribution in [0.15, 0.2) is 47.4 Å². The maximum atomic E-state index is 12.8. The number of carbonyl (C=O) groups excluding carboxylic acids is 1. The van der Waals surface area contributed by atoms with E-state index in [1.165, 1.54) is 57.8 Å². The van der Waals surface area contributed by atoms with Crippen molar-refractivity contribution < 1.29 is 17.9 Å². The molecule has 1 fully saturated rings. The predicted molar refractivity (Wildman–Crippen MR) is 123 cm³/mol. The Morgan fingerprint density at radius 3 is 2.35 bits per heavy atom. The number of carbonyl (C=O) groups is 1. The lowest BCUT2D eigenvalue weighted by atomic mass is 9.97. The highest BCUT2D eigenvalue weighted by Gasteiger charge is 2.17. The summed E-state index contributed by atoms with van der Waals surface area (Å²) in [6, 6.07) is 11.2. The summed E-state index contributed by atoms with van der Waals surface area (Å²) in [5.41, 5.74) is 1.58. The van der Waals surface area contributed by atoms with E-state index in [1.807, 2.05) is 0 Å². The summed E-state index contributed by atoms with van der Waals surface area (Å²) < 4.78 is 33.2. The molecule has 7 heteroatoms. The zero-order valence-corrected chi connectivity index (χ0v) is 19.1. The molecular weight excluding hydrogens is 412 g/mol. The molecule has 2 N–H and O–H groups in total. The summed E-state index contributed by atoms with van der Waals surface area (Å²) in [5, 5.41) is 2.99. The van der Waals surface area contributed by atoms with E-state index < -0.39 is 10.0 Å². The van der Waals surface area contributed by atoms with Gasteiger partial charge in [0.25, 0.3) is 15.9 Å². The Bertz CT molecular complexity index is 979. The standard InChI is InChI=1S/C24H32N2O4S/c1-18-9-10-20(24(27)25-16-15-19-7-5-3-4-6-8-19)17-23(18)26-31(28,29)22-13-11-21(30-2)12-14-22/h9-14,17,19,26H,3-8,15-16H2,1-2H3,(H,25,27). The van der Waals surface area contributed by atoms with Crippen molar-refractivity contribution in [1.82, 2.24) is 5.32 Å². The molecule has 1 aliphatic rings. The van der Waals surface area contributed by atoms with Crippen LogP contribution in [0.5, 0.6) is 5.75 Å². The number of methoxy groups -OCH3 is 1. The van der Waals surface area contributed by atoms with Crippen LogP contribution in [-0.4, -0.2) is 28.0 Å². The van der Waals surface area contributed by atoms with Crippen LogP contribution in [0.2, 0.25) is 0 Å². The third-order valence-corrected chi connectivity index (χ3v) is 7.31. The van der Waals surface area contributed by atoms with E-state index in [4.69, 9.17) is 4.74 Å². The van der Waals surface area contributed by atoms with Gasteiger partial charge in [-0.25, -0.2) is 8.42 Å². The smallest absolute Gasteiger partial charge is 0.261 e. The van der Waals surface area contributed by atoms with E-state index >= 15 is 0 Å². The molecule has 2 aromatic carbocycles. The summed E-state index contributed by atoms with van der Waals surface area (Å²) in [5.74, 6) is 1.09. The van der Waals surface area contributed by atoms with Crippen molar-refractivity contribution in [2.24, 2.45) is 5.92 Å². The molecule has 6 nitrogen and oxygen atoms in total. The van der Waals surface area contributed by atoms with Gasteiger partial charge in [-0.05, 0) is 61.2 Å². The van der Waals surface area contributed by atoms with Gasteiger partial charge in [-0.15, -0.1) is 0 Å². The van der Waals surface area contributed by atoms with E-state index in [9.17, 15) is 13.2 Å². The molecule has 0 saturated heterocycles. The Hall–Kier alpha value is -2.54. The Labute approximate surface area is 185 Å². The Morgan fingerprint density at radius 2 is 1.71 bits per heavy atom. The second-order valence-electron chi connectivity index (χ2n) is 8.21. The highest BCUT2D eigenvalue weighted by Crippen LogP contribution is 2.25. The number of hydrogen-bond acceptors (Lipinski definition) is 4. The van der Waals surface area contributed by atoms with E-state index in [-0.39, 0.29) is 10.8 Å². The highest BCUT2D eigenvalue weighted by atomic mass is 32.2.